The van der Waals surface area contributed by atoms with Gasteiger partial charge in [0.1, 0.15) is 5.82 Å². The summed E-state index contributed by atoms with van der Waals surface area (Å²) in [6.07, 6.45) is 4.71. The first-order valence-corrected chi connectivity index (χ1v) is 6.03. The van der Waals surface area contributed by atoms with E-state index in [9.17, 15) is 0 Å². The lowest BCUT2D eigenvalue weighted by Gasteiger charge is -2.06. The number of anilines is 3. The molecule has 0 aliphatic heterocycles. The monoisotopic (exact) mass is 246 g/mol. The van der Waals surface area contributed by atoms with E-state index < -0.39 is 0 Å². The minimum atomic E-state index is 0.642. The maximum Gasteiger partial charge on any atom is 0.224 e. The Hall–Kier alpha value is -2.11. The molecule has 0 radical (unpaired) electrons. The fourth-order valence-corrected chi connectivity index (χ4v) is 1.61. The Morgan fingerprint density at radius 2 is 2.22 bits per heavy atom. The molecule has 6 heteroatoms. The van der Waals surface area contributed by atoms with Crippen LogP contribution in [0.25, 0.3) is 0 Å². The molecule has 0 atom stereocenters. The van der Waals surface area contributed by atoms with Crippen molar-refractivity contribution in [3.8, 4) is 0 Å². The van der Waals surface area contributed by atoms with E-state index in [1.807, 2.05) is 26.2 Å². The van der Waals surface area contributed by atoms with Crippen molar-refractivity contribution in [3.05, 3.63) is 24.2 Å². The highest BCUT2D eigenvalue weighted by Crippen LogP contribution is 2.17. The molecule has 0 saturated heterocycles. The number of hydrogen-bond donors (Lipinski definition) is 2. The van der Waals surface area contributed by atoms with Gasteiger partial charge in [-0.05, 0) is 19.4 Å². The van der Waals surface area contributed by atoms with E-state index in [2.05, 4.69) is 32.6 Å². The summed E-state index contributed by atoms with van der Waals surface area (Å²) in [7, 11) is 1.90. The van der Waals surface area contributed by atoms with E-state index in [4.69, 9.17) is 0 Å². The first kappa shape index (κ1) is 12.3. The summed E-state index contributed by atoms with van der Waals surface area (Å²) in [5.74, 6) is 1.41. The van der Waals surface area contributed by atoms with Gasteiger partial charge >= 0.3 is 0 Å². The van der Waals surface area contributed by atoms with Gasteiger partial charge < -0.3 is 10.6 Å². The lowest BCUT2D eigenvalue weighted by molar-refractivity contribution is 0.756. The Morgan fingerprint density at radius 1 is 1.39 bits per heavy atom. The molecule has 18 heavy (non-hydrogen) atoms. The minimum Gasteiger partial charge on any atom is -0.354 e. The zero-order valence-corrected chi connectivity index (χ0v) is 10.9. The molecule has 2 N–H and O–H groups in total. The molecule has 2 aromatic heterocycles. The number of aryl methyl sites for hydroxylation is 2. The van der Waals surface area contributed by atoms with Crippen LogP contribution in [0.1, 0.15) is 19.0 Å². The van der Waals surface area contributed by atoms with Crippen LogP contribution in [0.2, 0.25) is 0 Å². The van der Waals surface area contributed by atoms with Crippen LogP contribution in [-0.4, -0.2) is 26.3 Å². The Bertz CT molecular complexity index is 519. The quantitative estimate of drug-likeness (QED) is 0.845. The van der Waals surface area contributed by atoms with Crippen LogP contribution < -0.4 is 10.6 Å². The number of nitrogens with zero attached hydrogens (tertiary/aromatic N) is 4. The minimum absolute atomic E-state index is 0.642. The summed E-state index contributed by atoms with van der Waals surface area (Å²) in [5, 5.41) is 10.7. The summed E-state index contributed by atoms with van der Waals surface area (Å²) in [5.41, 5.74) is 1.90. The summed E-state index contributed by atoms with van der Waals surface area (Å²) >= 11 is 0. The second-order valence-corrected chi connectivity index (χ2v) is 4.12. The normalized spacial score (nSPS) is 10.4. The Morgan fingerprint density at radius 3 is 2.89 bits per heavy atom. The lowest BCUT2D eigenvalue weighted by Crippen LogP contribution is -2.05. The maximum atomic E-state index is 4.39. The number of aromatic nitrogens is 4. The van der Waals surface area contributed by atoms with Gasteiger partial charge in [0.05, 0.1) is 11.4 Å². The topological polar surface area (TPSA) is 67.7 Å². The molecule has 2 heterocycles. The lowest BCUT2D eigenvalue weighted by atomic mass is 10.4. The molecule has 0 aromatic carbocycles. The van der Waals surface area contributed by atoms with Gasteiger partial charge in [0.2, 0.25) is 5.95 Å². The molecule has 0 fully saturated rings. The van der Waals surface area contributed by atoms with E-state index in [0.717, 1.165) is 30.2 Å². The van der Waals surface area contributed by atoms with Crippen molar-refractivity contribution >= 4 is 17.5 Å². The SMILES string of the molecule is CCCNc1nccc(Nc2cn(C)nc2C)n1. The Kier molecular flexibility index (Phi) is 3.76. The second-order valence-electron chi connectivity index (χ2n) is 4.12. The zero-order valence-electron chi connectivity index (χ0n) is 10.9. The van der Waals surface area contributed by atoms with Crippen molar-refractivity contribution in [2.45, 2.75) is 20.3 Å². The van der Waals surface area contributed by atoms with Gasteiger partial charge in [-0.1, -0.05) is 6.92 Å². The summed E-state index contributed by atoms with van der Waals surface area (Å²) in [6, 6.07) is 1.84. The molecule has 0 spiro atoms. The van der Waals surface area contributed by atoms with Crippen LogP contribution >= 0.6 is 0 Å². The van der Waals surface area contributed by atoms with Crippen molar-refractivity contribution in [1.82, 2.24) is 19.7 Å². The van der Waals surface area contributed by atoms with Gasteiger partial charge in [-0.3, -0.25) is 4.68 Å². The highest BCUT2D eigenvalue weighted by Gasteiger charge is 2.04. The predicted octanol–water partition coefficient (Wildman–Crippen LogP) is 2.08. The molecule has 0 unspecified atom stereocenters. The number of rotatable bonds is 5. The molecule has 0 saturated carbocycles. The zero-order chi connectivity index (χ0) is 13.0. The average Bonchev–Trinajstić information content (AvgIpc) is 2.66. The van der Waals surface area contributed by atoms with Crippen LogP contribution in [-0.2, 0) is 7.05 Å². The maximum absolute atomic E-state index is 4.39. The molecule has 2 rings (SSSR count). The van der Waals surface area contributed by atoms with Gasteiger partial charge in [0, 0.05) is 26.0 Å². The molecule has 0 aliphatic rings. The summed E-state index contributed by atoms with van der Waals surface area (Å²) in [4.78, 5) is 8.55. The third-order valence-corrected chi connectivity index (χ3v) is 2.46. The highest BCUT2D eigenvalue weighted by molar-refractivity contribution is 5.58. The first-order chi connectivity index (χ1) is 8.69. The molecule has 6 nitrogen and oxygen atoms in total. The van der Waals surface area contributed by atoms with E-state index in [1.54, 1.807) is 10.9 Å². The Balaban J connectivity index is 2.11. The highest BCUT2D eigenvalue weighted by atomic mass is 15.3. The van der Waals surface area contributed by atoms with Crippen molar-refractivity contribution in [1.29, 1.82) is 0 Å². The molecule has 0 aliphatic carbocycles. The summed E-state index contributed by atoms with van der Waals surface area (Å²) in [6.45, 7) is 4.93. The van der Waals surface area contributed by atoms with Crippen LogP contribution in [0, 0.1) is 6.92 Å². The largest absolute Gasteiger partial charge is 0.354 e. The van der Waals surface area contributed by atoms with Crippen molar-refractivity contribution in [3.63, 3.8) is 0 Å². The predicted molar refractivity (Wildman–Crippen MR) is 72.0 cm³/mol. The van der Waals surface area contributed by atoms with E-state index in [-0.39, 0.29) is 0 Å². The fourth-order valence-electron chi connectivity index (χ4n) is 1.61. The van der Waals surface area contributed by atoms with Gasteiger partial charge in [-0.25, -0.2) is 4.98 Å². The first-order valence-electron chi connectivity index (χ1n) is 6.03. The fraction of sp³-hybridized carbons (Fsp3) is 0.417. The van der Waals surface area contributed by atoms with Gasteiger partial charge in [-0.2, -0.15) is 10.1 Å². The Labute approximate surface area is 106 Å². The van der Waals surface area contributed by atoms with Crippen molar-refractivity contribution < 1.29 is 0 Å². The molecule has 96 valence electrons. The van der Waals surface area contributed by atoms with E-state index in [0.29, 0.717) is 5.95 Å². The smallest absolute Gasteiger partial charge is 0.224 e. The second kappa shape index (κ2) is 5.48. The average molecular weight is 246 g/mol. The number of hydrogen-bond acceptors (Lipinski definition) is 5. The van der Waals surface area contributed by atoms with Crippen LogP contribution in [0.3, 0.4) is 0 Å². The van der Waals surface area contributed by atoms with Gasteiger partial charge in [0.25, 0.3) is 0 Å². The molecule has 0 bridgehead atoms. The third-order valence-electron chi connectivity index (χ3n) is 2.46. The van der Waals surface area contributed by atoms with Gasteiger partial charge in [-0.15, -0.1) is 0 Å². The van der Waals surface area contributed by atoms with Crippen LogP contribution in [0.5, 0.6) is 0 Å². The van der Waals surface area contributed by atoms with E-state index in [1.165, 1.54) is 0 Å². The molecular formula is C12H18N6. The van der Waals surface area contributed by atoms with Gasteiger partial charge in [0.15, 0.2) is 0 Å². The molecule has 2 aromatic rings. The van der Waals surface area contributed by atoms with Crippen molar-refractivity contribution in [2.75, 3.05) is 17.2 Å². The van der Waals surface area contributed by atoms with Crippen LogP contribution in [0.4, 0.5) is 17.5 Å². The number of nitrogens with one attached hydrogen (secondary N) is 2. The third kappa shape index (κ3) is 2.97. The standard InChI is InChI=1S/C12H18N6/c1-4-6-13-12-14-7-5-11(16-12)15-10-8-18(3)17-9(10)2/h5,7-8H,4,6H2,1-3H3,(H2,13,14,15,16). The van der Waals surface area contributed by atoms with E-state index >= 15 is 0 Å². The molecule has 0 amide bonds. The molecular weight excluding hydrogens is 228 g/mol. The summed E-state index contributed by atoms with van der Waals surface area (Å²) < 4.78 is 1.77. The van der Waals surface area contributed by atoms with Crippen LogP contribution in [0.15, 0.2) is 18.5 Å². The van der Waals surface area contributed by atoms with Crippen molar-refractivity contribution in [2.24, 2.45) is 7.05 Å².